The lowest BCUT2D eigenvalue weighted by molar-refractivity contribution is -0.137. The van der Waals surface area contributed by atoms with Crippen molar-refractivity contribution in [3.8, 4) is 0 Å². The number of nitrogens with one attached hydrogen (secondary N) is 1. The first-order chi connectivity index (χ1) is 13.8. The Morgan fingerprint density at radius 2 is 1.86 bits per heavy atom. The highest BCUT2D eigenvalue weighted by Crippen LogP contribution is 2.31. The van der Waals surface area contributed by atoms with Crippen molar-refractivity contribution < 1.29 is 22.8 Å². The zero-order valence-electron chi connectivity index (χ0n) is 16.3. The zero-order valence-corrected chi connectivity index (χ0v) is 16.3. The van der Waals surface area contributed by atoms with Crippen LogP contribution in [0.1, 0.15) is 43.2 Å². The molecular weight excluding hydrogens is 383 g/mol. The van der Waals surface area contributed by atoms with Gasteiger partial charge in [-0.2, -0.15) is 13.2 Å². The second-order valence-electron chi connectivity index (χ2n) is 8.42. The summed E-state index contributed by atoms with van der Waals surface area (Å²) in [6, 6.07) is 5.88. The van der Waals surface area contributed by atoms with Gasteiger partial charge in [0.2, 0.25) is 11.8 Å². The maximum Gasteiger partial charge on any atom is 0.416 e. The zero-order chi connectivity index (χ0) is 20.6. The maximum atomic E-state index is 12.9. The number of alkyl halides is 3. The molecule has 1 saturated carbocycles. The fourth-order valence-electron chi connectivity index (χ4n) is 4.33. The van der Waals surface area contributed by atoms with Gasteiger partial charge in [0.05, 0.1) is 11.5 Å². The molecule has 0 radical (unpaired) electrons. The number of likely N-dealkylation sites (tertiary alicyclic amines) is 2. The predicted octanol–water partition coefficient (Wildman–Crippen LogP) is 2.80. The molecule has 1 N–H and O–H groups in total. The van der Waals surface area contributed by atoms with E-state index < -0.39 is 17.7 Å². The van der Waals surface area contributed by atoms with Gasteiger partial charge in [-0.15, -0.1) is 0 Å². The summed E-state index contributed by atoms with van der Waals surface area (Å²) in [5.41, 5.74) is -0.310. The summed E-state index contributed by atoms with van der Waals surface area (Å²) in [7, 11) is 0. The first-order valence-electron chi connectivity index (χ1n) is 10.3. The fraction of sp³-hybridized carbons (Fsp3) is 0.619. The van der Waals surface area contributed by atoms with E-state index >= 15 is 0 Å². The number of carbonyl (C=O) groups is 2. The smallest absolute Gasteiger partial charge is 0.353 e. The quantitative estimate of drug-likeness (QED) is 0.814. The predicted molar refractivity (Wildman–Crippen MR) is 101 cm³/mol. The number of carbonyl (C=O) groups excluding carboxylic acids is 2. The standard InChI is InChI=1S/C21H26F3N3O2/c22-21(23,24)16-3-1-2-14(10-16)12-27-13-15(11-19(27)28)20(29)25-17-6-8-26(9-7-17)18-4-5-18/h1-3,10,15,17-18H,4-9,11-13H2,(H,25,29). The van der Waals surface area contributed by atoms with Crippen LogP contribution in [0.5, 0.6) is 0 Å². The Bertz CT molecular complexity index is 771. The molecule has 158 valence electrons. The van der Waals surface area contributed by atoms with Gasteiger partial charge in [0, 0.05) is 44.7 Å². The molecule has 1 aliphatic carbocycles. The molecule has 0 spiro atoms. The van der Waals surface area contributed by atoms with Crippen LogP contribution in [-0.2, 0) is 22.3 Å². The van der Waals surface area contributed by atoms with Gasteiger partial charge in [0.25, 0.3) is 0 Å². The minimum atomic E-state index is -4.41. The number of benzene rings is 1. The van der Waals surface area contributed by atoms with Gasteiger partial charge in [-0.1, -0.05) is 12.1 Å². The number of amides is 2. The van der Waals surface area contributed by atoms with Crippen LogP contribution in [0, 0.1) is 5.92 Å². The van der Waals surface area contributed by atoms with Gasteiger partial charge in [-0.25, -0.2) is 0 Å². The van der Waals surface area contributed by atoms with E-state index in [2.05, 4.69) is 10.2 Å². The fourth-order valence-corrected chi connectivity index (χ4v) is 4.33. The Balaban J connectivity index is 1.29. The molecule has 3 fully saturated rings. The van der Waals surface area contributed by atoms with Gasteiger partial charge < -0.3 is 15.1 Å². The summed E-state index contributed by atoms with van der Waals surface area (Å²) in [4.78, 5) is 28.9. The molecule has 2 saturated heterocycles. The summed E-state index contributed by atoms with van der Waals surface area (Å²) in [6.45, 7) is 2.34. The van der Waals surface area contributed by atoms with Crippen LogP contribution >= 0.6 is 0 Å². The molecule has 1 aromatic carbocycles. The minimum Gasteiger partial charge on any atom is -0.353 e. The first-order valence-corrected chi connectivity index (χ1v) is 10.3. The van der Waals surface area contributed by atoms with Crippen LogP contribution in [0.3, 0.4) is 0 Å². The van der Waals surface area contributed by atoms with E-state index in [-0.39, 0.29) is 37.4 Å². The topological polar surface area (TPSA) is 52.7 Å². The minimum absolute atomic E-state index is 0.0896. The van der Waals surface area contributed by atoms with Gasteiger partial charge in [0.1, 0.15) is 0 Å². The van der Waals surface area contributed by atoms with Crippen molar-refractivity contribution in [2.75, 3.05) is 19.6 Å². The van der Waals surface area contributed by atoms with Crippen molar-refractivity contribution in [1.82, 2.24) is 15.1 Å². The molecule has 2 heterocycles. The lowest BCUT2D eigenvalue weighted by Gasteiger charge is -2.32. The molecule has 2 aliphatic heterocycles. The lowest BCUT2D eigenvalue weighted by Crippen LogP contribution is -2.47. The number of piperidine rings is 1. The van der Waals surface area contributed by atoms with Crippen LogP contribution in [0.2, 0.25) is 0 Å². The molecule has 1 aromatic rings. The van der Waals surface area contributed by atoms with Crippen molar-refractivity contribution in [3.63, 3.8) is 0 Å². The van der Waals surface area contributed by atoms with Crippen molar-refractivity contribution in [3.05, 3.63) is 35.4 Å². The molecule has 3 aliphatic rings. The summed E-state index contributed by atoms with van der Waals surface area (Å²) in [5.74, 6) is -0.740. The van der Waals surface area contributed by atoms with Gasteiger partial charge in [0.15, 0.2) is 0 Å². The summed E-state index contributed by atoms with van der Waals surface area (Å²) in [6.07, 6.45) is 0.119. The Labute approximate surface area is 168 Å². The van der Waals surface area contributed by atoms with Crippen LogP contribution in [-0.4, -0.2) is 53.3 Å². The molecular formula is C21H26F3N3O2. The lowest BCUT2D eigenvalue weighted by atomic mass is 10.0. The molecule has 29 heavy (non-hydrogen) atoms. The Hall–Kier alpha value is -2.09. The molecule has 1 unspecified atom stereocenters. The Morgan fingerprint density at radius 3 is 2.52 bits per heavy atom. The number of rotatable bonds is 5. The van der Waals surface area contributed by atoms with Gasteiger partial charge in [-0.3, -0.25) is 9.59 Å². The third kappa shape index (κ3) is 4.91. The van der Waals surface area contributed by atoms with E-state index in [1.54, 1.807) is 6.07 Å². The number of hydrogen-bond acceptors (Lipinski definition) is 3. The van der Waals surface area contributed by atoms with E-state index in [9.17, 15) is 22.8 Å². The highest BCUT2D eigenvalue weighted by Gasteiger charge is 2.37. The van der Waals surface area contributed by atoms with Gasteiger partial charge >= 0.3 is 6.18 Å². The molecule has 5 nitrogen and oxygen atoms in total. The third-order valence-corrected chi connectivity index (χ3v) is 6.15. The van der Waals surface area contributed by atoms with E-state index in [4.69, 9.17) is 0 Å². The monoisotopic (exact) mass is 409 g/mol. The second kappa shape index (κ2) is 7.97. The molecule has 8 heteroatoms. The number of halogens is 3. The number of nitrogens with zero attached hydrogens (tertiary/aromatic N) is 2. The highest BCUT2D eigenvalue weighted by atomic mass is 19.4. The van der Waals surface area contributed by atoms with E-state index in [1.165, 1.54) is 23.8 Å². The van der Waals surface area contributed by atoms with Crippen LogP contribution in [0.4, 0.5) is 13.2 Å². The SMILES string of the molecule is O=C(NC1CCN(C2CC2)CC1)C1CC(=O)N(Cc2cccc(C(F)(F)F)c2)C1. The normalized spacial score (nSPS) is 24.2. The van der Waals surface area contributed by atoms with Crippen LogP contribution in [0.25, 0.3) is 0 Å². The number of hydrogen-bond donors (Lipinski definition) is 1. The Kier molecular flexibility index (Phi) is 5.55. The molecule has 0 aromatic heterocycles. The van der Waals surface area contributed by atoms with Crippen LogP contribution in [0.15, 0.2) is 24.3 Å². The van der Waals surface area contributed by atoms with Gasteiger partial charge in [-0.05, 0) is 43.4 Å². The molecule has 4 rings (SSSR count). The first kappa shape index (κ1) is 20.2. The molecule has 1 atom stereocenters. The molecule has 0 bridgehead atoms. The summed E-state index contributed by atoms with van der Waals surface area (Å²) in [5, 5.41) is 3.08. The molecule has 2 amide bonds. The Morgan fingerprint density at radius 1 is 1.14 bits per heavy atom. The van der Waals surface area contributed by atoms with E-state index in [0.29, 0.717) is 5.56 Å². The van der Waals surface area contributed by atoms with Crippen molar-refractivity contribution in [2.45, 2.75) is 56.9 Å². The van der Waals surface area contributed by atoms with Crippen molar-refractivity contribution in [2.24, 2.45) is 5.92 Å². The summed E-state index contributed by atoms with van der Waals surface area (Å²) < 4.78 is 38.7. The van der Waals surface area contributed by atoms with Crippen molar-refractivity contribution in [1.29, 1.82) is 0 Å². The van der Waals surface area contributed by atoms with Crippen LogP contribution < -0.4 is 5.32 Å². The van der Waals surface area contributed by atoms with Crippen molar-refractivity contribution >= 4 is 11.8 Å². The summed E-state index contributed by atoms with van der Waals surface area (Å²) >= 11 is 0. The highest BCUT2D eigenvalue weighted by molar-refractivity contribution is 5.89. The average molecular weight is 409 g/mol. The van der Waals surface area contributed by atoms with E-state index in [1.807, 2.05) is 0 Å². The average Bonchev–Trinajstić information content (AvgIpc) is 3.46. The third-order valence-electron chi connectivity index (χ3n) is 6.15. The maximum absolute atomic E-state index is 12.9. The second-order valence-corrected chi connectivity index (χ2v) is 8.42. The largest absolute Gasteiger partial charge is 0.416 e. The van der Waals surface area contributed by atoms with E-state index in [0.717, 1.165) is 44.1 Å².